The van der Waals surface area contributed by atoms with Crippen molar-refractivity contribution in [3.63, 3.8) is 0 Å². The number of aliphatic hydroxyl groups is 6. The number of fused-ring (bicyclic) bond motifs is 4. The lowest BCUT2D eigenvalue weighted by Gasteiger charge is -2.64. The third kappa shape index (κ3) is 26.1. The molecule has 0 spiro atoms. The number of methoxy groups -OCH3 is 4. The lowest BCUT2D eigenvalue weighted by Crippen LogP contribution is -2.76. The SMILES string of the molecule is CC(=O)OCC1(C)CC(C)(C)C(OC(C)=O)C(I)C1I.CC(=O)OCC1(C)CC(C)(C)C(OC(C)=O)C(O)C1O.CC(=O)OCC1(C)CCC(OC(C)=O)C(C)(C)C1.CC1(CO)CCC(O)C(C)(C)C1.COC12CCCCC1(OC)OC1C(O2)C(O)C(C)(C)CC1(C)CO.COC12CCCCC1(OC)OC1C(O2)C(OC(C)=O)C(C)(C)CC1(C)COC(C)=O. The van der Waals surface area contributed by atoms with E-state index in [1.807, 2.05) is 55.4 Å². The molecule has 30 nitrogen and oxygen atoms in total. The third-order valence-corrected chi connectivity index (χ3v) is 33.0. The summed E-state index contributed by atoms with van der Waals surface area (Å²) in [6.45, 7) is 48.8. The summed E-state index contributed by atoms with van der Waals surface area (Å²) in [4.78, 5) is 90.1. The lowest BCUT2D eigenvalue weighted by atomic mass is 9.59. The Bertz CT molecular complexity index is 3510. The van der Waals surface area contributed by atoms with Gasteiger partial charge in [-0.25, -0.2) is 0 Å². The van der Waals surface area contributed by atoms with Crippen molar-refractivity contribution in [1.29, 1.82) is 0 Å². The Labute approximate surface area is 765 Å². The summed E-state index contributed by atoms with van der Waals surface area (Å²) in [7, 11) is 6.41. The summed E-state index contributed by atoms with van der Waals surface area (Å²) >= 11 is 4.76. The fourth-order valence-corrected chi connectivity index (χ4v) is 25.2. The molecular weight excluding hydrogens is 1840 g/mol. The zero-order valence-electron chi connectivity index (χ0n) is 80.3. The highest BCUT2D eigenvalue weighted by molar-refractivity contribution is 14.1. The molecule has 10 aliphatic rings. The van der Waals surface area contributed by atoms with Crippen LogP contribution in [0.15, 0.2) is 0 Å². The van der Waals surface area contributed by atoms with Crippen LogP contribution in [0.3, 0.4) is 0 Å². The van der Waals surface area contributed by atoms with E-state index in [-0.39, 0.29) is 121 Å². The van der Waals surface area contributed by atoms with Gasteiger partial charge in [0.25, 0.3) is 0 Å². The maximum atomic E-state index is 12.0. The van der Waals surface area contributed by atoms with Gasteiger partial charge in [0, 0.05) is 169 Å². The van der Waals surface area contributed by atoms with E-state index < -0.39 is 123 Å². The van der Waals surface area contributed by atoms with Gasteiger partial charge in [-0.05, 0) is 106 Å². The molecule has 10 rings (SSSR count). The minimum Gasteiger partial charge on any atom is -0.465 e. The number of carbonyl (C=O) groups excluding carboxylic acids is 8. The molecule has 0 bridgehead atoms. The number of hydrogen-bond donors (Lipinski definition) is 6. The topological polar surface area (TPSA) is 406 Å². The van der Waals surface area contributed by atoms with Crippen LogP contribution < -0.4 is 0 Å². The van der Waals surface area contributed by atoms with Crippen molar-refractivity contribution in [2.45, 2.75) is 400 Å². The van der Waals surface area contributed by atoms with Crippen molar-refractivity contribution in [2.24, 2.45) is 65.0 Å². The zero-order chi connectivity index (χ0) is 95.0. The number of aliphatic hydroxyl groups excluding tert-OH is 6. The normalized spacial score (nSPS) is 40.3. The van der Waals surface area contributed by atoms with Gasteiger partial charge >= 0.3 is 47.8 Å². The first kappa shape index (κ1) is 111. The Morgan fingerprint density at radius 2 is 0.685 bits per heavy atom. The van der Waals surface area contributed by atoms with Crippen LogP contribution in [-0.2, 0) is 114 Å². The van der Waals surface area contributed by atoms with Crippen LogP contribution in [0.4, 0.5) is 0 Å². The van der Waals surface area contributed by atoms with Crippen LogP contribution in [0.1, 0.15) is 296 Å². The van der Waals surface area contributed by atoms with Gasteiger partial charge in [-0.15, -0.1) is 0 Å². The van der Waals surface area contributed by atoms with Gasteiger partial charge in [0.05, 0.1) is 67.5 Å². The average Bonchev–Trinajstić information content (AvgIpc) is 0.702. The van der Waals surface area contributed by atoms with Crippen molar-refractivity contribution in [2.75, 3.05) is 68.1 Å². The molecule has 720 valence electrons. The molecule has 2 saturated heterocycles. The summed E-state index contributed by atoms with van der Waals surface area (Å²) in [6, 6.07) is 0. The largest absolute Gasteiger partial charge is 0.465 e. The van der Waals surface area contributed by atoms with Gasteiger partial charge < -0.3 is 106 Å². The second-order valence-electron chi connectivity index (χ2n) is 43.2. The molecule has 10 fully saturated rings. The fourth-order valence-electron chi connectivity index (χ4n) is 22.4. The lowest BCUT2D eigenvalue weighted by molar-refractivity contribution is -0.491. The monoisotopic (exact) mass is 2000 g/mol. The summed E-state index contributed by atoms with van der Waals surface area (Å²) in [5, 5.41) is 60.4. The van der Waals surface area contributed by atoms with Gasteiger partial charge in [-0.1, -0.05) is 170 Å². The maximum Gasteiger partial charge on any atom is 0.303 e. The van der Waals surface area contributed by atoms with E-state index in [2.05, 4.69) is 107 Å². The van der Waals surface area contributed by atoms with E-state index in [1.165, 1.54) is 55.4 Å². The molecule has 2 heterocycles. The number of halogens is 2. The molecule has 0 aromatic carbocycles. The molecule has 24 unspecified atom stereocenters. The van der Waals surface area contributed by atoms with Crippen molar-refractivity contribution < 1.29 is 145 Å². The molecule has 0 radical (unpaired) electrons. The Balaban J connectivity index is 0.000000269. The summed E-state index contributed by atoms with van der Waals surface area (Å²) in [5.41, 5.74) is -3.62. The number of rotatable bonds is 18. The number of hydrogen-bond acceptors (Lipinski definition) is 30. The van der Waals surface area contributed by atoms with Gasteiger partial charge in [0.1, 0.15) is 42.7 Å². The zero-order valence-corrected chi connectivity index (χ0v) is 84.6. The highest BCUT2D eigenvalue weighted by Gasteiger charge is 2.72. The van der Waals surface area contributed by atoms with Crippen molar-refractivity contribution >= 4 is 92.9 Å². The third-order valence-electron chi connectivity index (χ3n) is 27.9. The predicted molar refractivity (Wildman–Crippen MR) is 475 cm³/mol. The standard InChI is InChI=1S/C22H36O8.C18H32O6.C14H22I2O4.C14H24O6.C14H24O4.C10H20O2/c1-14(23)27-13-20(5)12-19(3,4)17(28-15(2)24)16-18(20)30-22(26-7)11-9-8-10-21(22,25-6)29-16;1-15(2)10-16(3,11-19)14-12(13(15)20)23-17(21-4)8-6-7-9-18(17,22-5)24-14;1-8(17)19-7-14(5)6-13(3,4)12(20-9(2)18)10(15)11(14)16;1-8(15)19-7-14(5)6-13(3,4)12(20-9(2)16)10(17)11(14)18;1-10(15)17-9-14(5)7-6-12(18-11(2)16)13(3,4)8-14;1-9(2)6-10(3,7-11)5-4-8(9)12/h16-18H,8-13H2,1-7H3;12-14,19-20H,6-11H2,1-5H3;10-12H,6-7H2,1-5H3;10-12,17-18H,6-7H2,1-5H3;12H,6-9H2,1-5H3;8,11-12H,4-7H2,1-3H3. The van der Waals surface area contributed by atoms with Crippen LogP contribution in [0, 0.1) is 65.0 Å². The molecule has 8 saturated carbocycles. The molecule has 124 heavy (non-hydrogen) atoms. The van der Waals surface area contributed by atoms with E-state index in [4.69, 9.17) is 75.8 Å². The van der Waals surface area contributed by atoms with Crippen LogP contribution in [0.5, 0.6) is 0 Å². The number of esters is 8. The predicted octanol–water partition coefficient (Wildman–Crippen LogP) is 13.2. The quantitative estimate of drug-likeness (QED) is 0.0321. The summed E-state index contributed by atoms with van der Waals surface area (Å²) in [6.07, 6.45) is 7.23. The molecule has 24 atom stereocenters. The molecular formula is C92H158I2O30. The number of carbonyl (C=O) groups is 8. The Kier molecular flexibility index (Phi) is 38.3. The minimum atomic E-state index is -1.22. The first-order chi connectivity index (χ1) is 56.7. The fraction of sp³-hybridized carbons (Fsp3) is 0.913. The maximum absolute atomic E-state index is 12.0. The van der Waals surface area contributed by atoms with E-state index in [1.54, 1.807) is 35.4 Å². The van der Waals surface area contributed by atoms with E-state index >= 15 is 0 Å². The van der Waals surface area contributed by atoms with Gasteiger partial charge in [-0.2, -0.15) is 0 Å². The number of alkyl halides is 2. The molecule has 0 aromatic rings. The molecule has 0 aromatic heterocycles. The second kappa shape index (κ2) is 42.7. The highest BCUT2D eigenvalue weighted by Crippen LogP contribution is 2.62. The molecule has 0 amide bonds. The number of ether oxygens (including phenoxy) is 16. The Morgan fingerprint density at radius 1 is 0.339 bits per heavy atom. The summed E-state index contributed by atoms with van der Waals surface area (Å²) < 4.78 is 93.0. The van der Waals surface area contributed by atoms with Gasteiger partial charge in [-0.3, -0.25) is 38.4 Å². The minimum absolute atomic E-state index is 0.0107. The van der Waals surface area contributed by atoms with Gasteiger partial charge in [0.2, 0.25) is 23.1 Å². The molecule has 2 aliphatic heterocycles. The van der Waals surface area contributed by atoms with Crippen molar-refractivity contribution in [3.05, 3.63) is 0 Å². The van der Waals surface area contributed by atoms with E-state index in [9.17, 15) is 69.0 Å². The van der Waals surface area contributed by atoms with E-state index in [0.717, 1.165) is 70.6 Å². The Hall–Kier alpha value is -3.34. The van der Waals surface area contributed by atoms with E-state index in [0.29, 0.717) is 58.2 Å². The van der Waals surface area contributed by atoms with Crippen LogP contribution in [0.25, 0.3) is 0 Å². The summed E-state index contributed by atoms with van der Waals surface area (Å²) in [5.74, 6) is -6.83. The smallest absolute Gasteiger partial charge is 0.303 e. The van der Waals surface area contributed by atoms with Crippen LogP contribution >= 0.6 is 45.2 Å². The molecule has 32 heteroatoms. The second-order valence-corrected chi connectivity index (χ2v) is 45.9. The molecule has 8 aliphatic carbocycles. The average molecular weight is 2000 g/mol. The van der Waals surface area contributed by atoms with Gasteiger partial charge in [0.15, 0.2) is 0 Å². The van der Waals surface area contributed by atoms with Crippen molar-refractivity contribution in [3.8, 4) is 0 Å². The first-order valence-corrected chi connectivity index (χ1v) is 46.5. The van der Waals surface area contributed by atoms with Crippen molar-refractivity contribution in [1.82, 2.24) is 0 Å². The first-order valence-electron chi connectivity index (χ1n) is 44.0. The Morgan fingerprint density at radius 3 is 1.10 bits per heavy atom. The molecule has 6 N–H and O–H groups in total. The van der Waals surface area contributed by atoms with Crippen LogP contribution in [-0.4, -0.2) is 251 Å². The van der Waals surface area contributed by atoms with Crippen LogP contribution in [0.2, 0.25) is 0 Å². The highest BCUT2D eigenvalue weighted by atomic mass is 127.